The minimum atomic E-state index is -3.35. The predicted molar refractivity (Wildman–Crippen MR) is 66.8 cm³/mol. The Balaban J connectivity index is 1.98. The molecule has 0 radical (unpaired) electrons. The minimum absolute atomic E-state index is 0.0294. The van der Waals surface area contributed by atoms with Crippen LogP contribution in [0.5, 0.6) is 0 Å². The third-order valence-corrected chi connectivity index (χ3v) is 4.76. The zero-order chi connectivity index (χ0) is 13.0. The fourth-order valence-corrected chi connectivity index (χ4v) is 2.88. The highest BCUT2D eigenvalue weighted by molar-refractivity contribution is 7.91. The Hall–Kier alpha value is -1.38. The summed E-state index contributed by atoms with van der Waals surface area (Å²) in [5.41, 5.74) is 0.357. The van der Waals surface area contributed by atoms with E-state index in [0.717, 1.165) is 12.8 Å². The highest BCUT2D eigenvalue weighted by Crippen LogP contribution is 2.22. The van der Waals surface area contributed by atoms with Gasteiger partial charge in [-0.25, -0.2) is 8.42 Å². The van der Waals surface area contributed by atoms with Crippen molar-refractivity contribution in [3.8, 4) is 6.07 Å². The molecule has 96 valence electrons. The summed E-state index contributed by atoms with van der Waals surface area (Å²) < 4.78 is 29.4. The van der Waals surface area contributed by atoms with Crippen LogP contribution in [0.3, 0.4) is 0 Å². The second-order valence-corrected chi connectivity index (χ2v) is 6.49. The second-order valence-electron chi connectivity index (χ2n) is 4.38. The van der Waals surface area contributed by atoms with Crippen molar-refractivity contribution in [3.05, 3.63) is 29.8 Å². The second kappa shape index (κ2) is 5.51. The fourth-order valence-electron chi connectivity index (χ4n) is 1.74. The Labute approximate surface area is 107 Å². The van der Waals surface area contributed by atoms with E-state index in [-0.39, 0.29) is 23.4 Å². The summed E-state index contributed by atoms with van der Waals surface area (Å²) in [5.74, 6) is -0.0294. The van der Waals surface area contributed by atoms with Gasteiger partial charge in [-0.3, -0.25) is 0 Å². The smallest absolute Gasteiger partial charge is 0.180 e. The molecule has 0 amide bonds. The van der Waals surface area contributed by atoms with Crippen molar-refractivity contribution in [1.82, 2.24) is 0 Å². The van der Waals surface area contributed by atoms with E-state index in [1.165, 1.54) is 18.6 Å². The molecule has 0 aliphatic heterocycles. The highest BCUT2D eigenvalue weighted by atomic mass is 32.2. The molecule has 0 unspecified atom stereocenters. The molecule has 0 spiro atoms. The molecule has 0 saturated heterocycles. The molecule has 0 aromatic heterocycles. The lowest BCUT2D eigenvalue weighted by Gasteiger charge is -2.25. The molecule has 1 aromatic rings. The molecule has 5 heteroatoms. The monoisotopic (exact) mass is 265 g/mol. The van der Waals surface area contributed by atoms with Crippen LogP contribution in [0.2, 0.25) is 0 Å². The van der Waals surface area contributed by atoms with E-state index in [2.05, 4.69) is 0 Å². The quantitative estimate of drug-likeness (QED) is 0.815. The molecule has 4 nitrogen and oxygen atoms in total. The van der Waals surface area contributed by atoms with Crippen LogP contribution < -0.4 is 0 Å². The normalized spacial score (nSPS) is 15.9. The largest absolute Gasteiger partial charge is 0.377 e. The van der Waals surface area contributed by atoms with Gasteiger partial charge < -0.3 is 4.74 Å². The number of ether oxygens (including phenoxy) is 1. The van der Waals surface area contributed by atoms with Crippen LogP contribution in [-0.2, 0) is 14.6 Å². The molecule has 0 heterocycles. The van der Waals surface area contributed by atoms with Gasteiger partial charge in [-0.05, 0) is 37.5 Å². The SMILES string of the molecule is N#Cc1cccc(S(=O)(=O)CCOC2CCC2)c1. The molecule has 1 aliphatic rings. The molecule has 1 fully saturated rings. The third-order valence-electron chi connectivity index (χ3n) is 3.08. The Morgan fingerprint density at radius 2 is 2.17 bits per heavy atom. The van der Waals surface area contributed by atoms with Gasteiger partial charge in [0, 0.05) is 0 Å². The topological polar surface area (TPSA) is 67.2 Å². The number of hydrogen-bond donors (Lipinski definition) is 0. The maximum absolute atomic E-state index is 12.0. The van der Waals surface area contributed by atoms with Gasteiger partial charge in [0.2, 0.25) is 0 Å². The first kappa shape index (κ1) is 13.1. The van der Waals surface area contributed by atoms with Crippen LogP contribution in [0.4, 0.5) is 0 Å². The summed E-state index contributed by atoms with van der Waals surface area (Å²) in [6, 6.07) is 8.02. The maximum Gasteiger partial charge on any atom is 0.180 e. The van der Waals surface area contributed by atoms with Crippen LogP contribution in [-0.4, -0.2) is 26.9 Å². The maximum atomic E-state index is 12.0. The third kappa shape index (κ3) is 3.09. The number of benzene rings is 1. The zero-order valence-corrected chi connectivity index (χ0v) is 10.8. The Bertz CT molecular complexity index is 556. The van der Waals surface area contributed by atoms with Crippen molar-refractivity contribution < 1.29 is 13.2 Å². The summed E-state index contributed by atoms with van der Waals surface area (Å²) in [5, 5.41) is 8.75. The van der Waals surface area contributed by atoms with Crippen molar-refractivity contribution in [2.24, 2.45) is 0 Å². The minimum Gasteiger partial charge on any atom is -0.377 e. The average molecular weight is 265 g/mol. The Morgan fingerprint density at radius 3 is 2.78 bits per heavy atom. The predicted octanol–water partition coefficient (Wildman–Crippen LogP) is 1.90. The van der Waals surface area contributed by atoms with Gasteiger partial charge in [-0.15, -0.1) is 0 Å². The highest BCUT2D eigenvalue weighted by Gasteiger charge is 2.20. The number of sulfone groups is 1. The number of rotatable bonds is 5. The van der Waals surface area contributed by atoms with Gasteiger partial charge in [0.1, 0.15) is 0 Å². The summed E-state index contributed by atoms with van der Waals surface area (Å²) in [4.78, 5) is 0.193. The van der Waals surface area contributed by atoms with Crippen LogP contribution in [0, 0.1) is 11.3 Å². The average Bonchev–Trinajstić information content (AvgIpc) is 2.32. The molecular formula is C13H15NO3S. The van der Waals surface area contributed by atoms with E-state index < -0.39 is 9.84 Å². The summed E-state index contributed by atoms with van der Waals surface area (Å²) in [7, 11) is -3.35. The fraction of sp³-hybridized carbons (Fsp3) is 0.462. The van der Waals surface area contributed by atoms with Crippen molar-refractivity contribution >= 4 is 9.84 Å². The molecule has 2 rings (SSSR count). The Kier molecular flexibility index (Phi) is 4.00. The van der Waals surface area contributed by atoms with Crippen LogP contribution >= 0.6 is 0 Å². The lowest BCUT2D eigenvalue weighted by Crippen LogP contribution is -2.24. The van der Waals surface area contributed by atoms with Gasteiger partial charge in [0.15, 0.2) is 9.84 Å². The van der Waals surface area contributed by atoms with Gasteiger partial charge >= 0.3 is 0 Å². The van der Waals surface area contributed by atoms with Crippen molar-refractivity contribution in [2.75, 3.05) is 12.4 Å². The summed E-state index contributed by atoms with van der Waals surface area (Å²) in [6.07, 6.45) is 3.47. The number of nitrogens with zero attached hydrogens (tertiary/aromatic N) is 1. The molecule has 1 aromatic carbocycles. The van der Waals surface area contributed by atoms with Crippen LogP contribution in [0.15, 0.2) is 29.2 Å². The van der Waals surface area contributed by atoms with Crippen molar-refractivity contribution in [1.29, 1.82) is 5.26 Å². The van der Waals surface area contributed by atoms with Gasteiger partial charge in [-0.1, -0.05) is 6.07 Å². The van der Waals surface area contributed by atoms with Crippen LogP contribution in [0.1, 0.15) is 24.8 Å². The van der Waals surface area contributed by atoms with Gasteiger partial charge in [0.05, 0.1) is 35.0 Å². The lowest BCUT2D eigenvalue weighted by molar-refractivity contribution is 0.0110. The number of hydrogen-bond acceptors (Lipinski definition) is 4. The number of nitriles is 1. The summed E-state index contributed by atoms with van der Waals surface area (Å²) >= 11 is 0. The standard InChI is InChI=1S/C13H15NO3S/c14-10-11-3-1-6-13(9-11)18(15,16)8-7-17-12-4-2-5-12/h1,3,6,9,12H,2,4-5,7-8H2. The molecule has 1 aliphatic carbocycles. The molecule has 0 atom stereocenters. The zero-order valence-electron chi connectivity index (χ0n) is 10.0. The van der Waals surface area contributed by atoms with Crippen molar-refractivity contribution in [2.45, 2.75) is 30.3 Å². The first-order valence-electron chi connectivity index (χ1n) is 5.96. The van der Waals surface area contributed by atoms with E-state index >= 15 is 0 Å². The molecular weight excluding hydrogens is 250 g/mol. The first-order valence-corrected chi connectivity index (χ1v) is 7.61. The van der Waals surface area contributed by atoms with Gasteiger partial charge in [-0.2, -0.15) is 5.26 Å². The first-order chi connectivity index (χ1) is 8.62. The molecule has 1 saturated carbocycles. The van der Waals surface area contributed by atoms with Gasteiger partial charge in [0.25, 0.3) is 0 Å². The van der Waals surface area contributed by atoms with Crippen LogP contribution in [0.25, 0.3) is 0 Å². The molecule has 18 heavy (non-hydrogen) atoms. The van der Waals surface area contributed by atoms with E-state index in [0.29, 0.717) is 5.56 Å². The molecule has 0 bridgehead atoms. The molecule has 0 N–H and O–H groups in total. The van der Waals surface area contributed by atoms with E-state index in [1.807, 2.05) is 6.07 Å². The lowest BCUT2D eigenvalue weighted by atomic mass is 9.96. The summed E-state index contributed by atoms with van der Waals surface area (Å²) in [6.45, 7) is 0.226. The van der Waals surface area contributed by atoms with E-state index in [4.69, 9.17) is 10.00 Å². The van der Waals surface area contributed by atoms with Crippen molar-refractivity contribution in [3.63, 3.8) is 0 Å². The Morgan fingerprint density at radius 1 is 1.39 bits per heavy atom. The van der Waals surface area contributed by atoms with E-state index in [9.17, 15) is 8.42 Å². The van der Waals surface area contributed by atoms with E-state index in [1.54, 1.807) is 12.1 Å².